The van der Waals surface area contributed by atoms with Gasteiger partial charge in [0.15, 0.2) is 0 Å². The van der Waals surface area contributed by atoms with Crippen molar-refractivity contribution in [3.05, 3.63) is 70.0 Å². The Balaban J connectivity index is 1.52. The fourth-order valence-electron chi connectivity index (χ4n) is 3.87. The van der Waals surface area contributed by atoms with E-state index in [9.17, 15) is 14.9 Å². The van der Waals surface area contributed by atoms with Gasteiger partial charge in [-0.25, -0.2) is 4.79 Å². The molecule has 0 unspecified atom stereocenters. The number of hydrogen-bond donors (Lipinski definition) is 0. The van der Waals surface area contributed by atoms with E-state index in [1.165, 1.54) is 6.07 Å². The van der Waals surface area contributed by atoms with Crippen molar-refractivity contribution < 1.29 is 18.9 Å². The third-order valence-electron chi connectivity index (χ3n) is 5.33. The Kier molecular flexibility index (Phi) is 5.67. The zero-order chi connectivity index (χ0) is 21.1. The van der Waals surface area contributed by atoms with Crippen LogP contribution in [0.2, 0.25) is 0 Å². The molecule has 1 aromatic heterocycles. The summed E-state index contributed by atoms with van der Waals surface area (Å²) in [6.07, 6.45) is 0. The number of esters is 1. The van der Waals surface area contributed by atoms with E-state index in [2.05, 4.69) is 4.90 Å². The molecule has 0 atom stereocenters. The molecular formula is C22H23N3O5. The van der Waals surface area contributed by atoms with E-state index in [1.54, 1.807) is 19.1 Å². The van der Waals surface area contributed by atoms with E-state index in [0.717, 1.165) is 10.9 Å². The molecule has 8 nitrogen and oxygen atoms in total. The van der Waals surface area contributed by atoms with Crippen molar-refractivity contribution in [2.24, 2.45) is 0 Å². The van der Waals surface area contributed by atoms with Crippen LogP contribution in [0.4, 0.5) is 11.4 Å². The van der Waals surface area contributed by atoms with Gasteiger partial charge in [0.05, 0.1) is 11.5 Å². The van der Waals surface area contributed by atoms with Crippen LogP contribution in [0.15, 0.2) is 52.9 Å². The summed E-state index contributed by atoms with van der Waals surface area (Å²) >= 11 is 0. The zero-order valence-electron chi connectivity index (χ0n) is 16.7. The maximum Gasteiger partial charge on any atom is 0.374 e. The smallest absolute Gasteiger partial charge is 0.374 e. The van der Waals surface area contributed by atoms with E-state index in [-0.39, 0.29) is 23.0 Å². The first-order chi connectivity index (χ1) is 14.6. The molecule has 0 amide bonds. The SMILES string of the molecule is CCOC(=O)c1oc2ccccc2c1CN1CCN(c2ccccc2[N+](=O)[O-])CC1. The lowest BCUT2D eigenvalue weighted by Gasteiger charge is -2.35. The highest BCUT2D eigenvalue weighted by Gasteiger charge is 2.27. The number of carbonyl (C=O) groups is 1. The predicted octanol–water partition coefficient (Wildman–Crippen LogP) is 3.84. The molecule has 0 N–H and O–H groups in total. The summed E-state index contributed by atoms with van der Waals surface area (Å²) in [5.41, 5.74) is 2.25. The van der Waals surface area contributed by atoms with Crippen molar-refractivity contribution in [1.82, 2.24) is 4.90 Å². The lowest BCUT2D eigenvalue weighted by atomic mass is 10.1. The van der Waals surface area contributed by atoms with Gasteiger partial charge in [-0.1, -0.05) is 30.3 Å². The zero-order valence-corrected chi connectivity index (χ0v) is 16.7. The maximum absolute atomic E-state index is 12.4. The number of rotatable bonds is 6. The lowest BCUT2D eigenvalue weighted by molar-refractivity contribution is -0.384. The van der Waals surface area contributed by atoms with Crippen LogP contribution in [-0.4, -0.2) is 48.6 Å². The second kappa shape index (κ2) is 8.54. The number of para-hydroxylation sites is 3. The van der Waals surface area contributed by atoms with Crippen LogP contribution in [0.3, 0.4) is 0 Å². The molecule has 0 radical (unpaired) electrons. The molecule has 30 heavy (non-hydrogen) atoms. The van der Waals surface area contributed by atoms with Gasteiger partial charge in [-0.15, -0.1) is 0 Å². The summed E-state index contributed by atoms with van der Waals surface area (Å²) in [5.74, 6) is -0.207. The lowest BCUT2D eigenvalue weighted by Crippen LogP contribution is -2.46. The molecule has 4 rings (SSSR count). The number of furan rings is 1. The van der Waals surface area contributed by atoms with Crippen molar-refractivity contribution in [3.8, 4) is 0 Å². The van der Waals surface area contributed by atoms with E-state index < -0.39 is 5.97 Å². The summed E-state index contributed by atoms with van der Waals surface area (Å²) < 4.78 is 11.0. The summed E-state index contributed by atoms with van der Waals surface area (Å²) in [5, 5.41) is 12.2. The number of piperazine rings is 1. The normalized spacial score (nSPS) is 14.8. The van der Waals surface area contributed by atoms with Gasteiger partial charge in [0.25, 0.3) is 5.69 Å². The van der Waals surface area contributed by atoms with E-state index in [4.69, 9.17) is 9.15 Å². The minimum absolute atomic E-state index is 0.122. The van der Waals surface area contributed by atoms with Crippen molar-refractivity contribution in [1.29, 1.82) is 0 Å². The molecular weight excluding hydrogens is 386 g/mol. The van der Waals surface area contributed by atoms with Crippen LogP contribution >= 0.6 is 0 Å². The van der Waals surface area contributed by atoms with Crippen molar-refractivity contribution in [2.45, 2.75) is 13.5 Å². The van der Waals surface area contributed by atoms with Gasteiger partial charge in [-0.2, -0.15) is 0 Å². The molecule has 1 aliphatic heterocycles. The van der Waals surface area contributed by atoms with Crippen molar-refractivity contribution in [3.63, 3.8) is 0 Å². The van der Waals surface area contributed by atoms with Gasteiger partial charge in [0.1, 0.15) is 11.3 Å². The Labute approximate surface area is 173 Å². The quantitative estimate of drug-likeness (QED) is 0.347. The number of ether oxygens (including phenoxy) is 1. The van der Waals surface area contributed by atoms with Crippen LogP contribution in [0.5, 0.6) is 0 Å². The summed E-state index contributed by atoms with van der Waals surface area (Å²) in [6, 6.07) is 14.4. The van der Waals surface area contributed by atoms with E-state index in [1.807, 2.05) is 35.2 Å². The fraction of sp³-hybridized carbons (Fsp3) is 0.318. The summed E-state index contributed by atoms with van der Waals surface area (Å²) in [4.78, 5) is 27.7. The molecule has 2 aromatic carbocycles. The summed E-state index contributed by atoms with van der Waals surface area (Å²) in [6.45, 7) is 5.36. The second-order valence-corrected chi connectivity index (χ2v) is 7.14. The van der Waals surface area contributed by atoms with Crippen molar-refractivity contribution in [2.75, 3.05) is 37.7 Å². The first-order valence-corrected chi connectivity index (χ1v) is 9.96. The Morgan fingerprint density at radius 3 is 2.53 bits per heavy atom. The molecule has 156 valence electrons. The number of benzene rings is 2. The first-order valence-electron chi connectivity index (χ1n) is 9.96. The molecule has 1 fully saturated rings. The number of carbonyl (C=O) groups excluding carboxylic acids is 1. The molecule has 0 bridgehead atoms. The molecule has 0 saturated carbocycles. The second-order valence-electron chi connectivity index (χ2n) is 7.14. The molecule has 1 aliphatic rings. The summed E-state index contributed by atoms with van der Waals surface area (Å²) in [7, 11) is 0. The van der Waals surface area contributed by atoms with Crippen LogP contribution < -0.4 is 4.90 Å². The number of nitrogens with zero attached hydrogens (tertiary/aromatic N) is 3. The highest BCUT2D eigenvalue weighted by Crippen LogP contribution is 2.30. The van der Waals surface area contributed by atoms with Crippen molar-refractivity contribution >= 4 is 28.3 Å². The number of nitro benzene ring substituents is 1. The number of nitro groups is 1. The molecule has 1 saturated heterocycles. The van der Waals surface area contributed by atoms with Crippen LogP contribution in [0, 0.1) is 10.1 Å². The molecule has 3 aromatic rings. The fourth-order valence-corrected chi connectivity index (χ4v) is 3.87. The Hall–Kier alpha value is -3.39. The standard InChI is InChI=1S/C22H23N3O5/c1-2-29-22(26)21-17(16-7-3-6-10-20(16)30-21)15-23-11-13-24(14-12-23)18-8-4-5-9-19(18)25(27)28/h3-10H,2,11-15H2,1H3. The minimum atomic E-state index is -0.456. The average Bonchev–Trinajstić information content (AvgIpc) is 3.13. The van der Waals surface area contributed by atoms with Gasteiger partial charge >= 0.3 is 5.97 Å². The molecule has 8 heteroatoms. The molecule has 0 spiro atoms. The van der Waals surface area contributed by atoms with Gasteiger partial charge in [0.2, 0.25) is 5.76 Å². The van der Waals surface area contributed by atoms with Gasteiger partial charge < -0.3 is 14.1 Å². The maximum atomic E-state index is 12.4. The third-order valence-corrected chi connectivity index (χ3v) is 5.33. The number of fused-ring (bicyclic) bond motifs is 1. The van der Waals surface area contributed by atoms with E-state index in [0.29, 0.717) is 44.0 Å². The Morgan fingerprint density at radius 1 is 1.10 bits per heavy atom. The highest BCUT2D eigenvalue weighted by atomic mass is 16.6. The van der Waals surface area contributed by atoms with Gasteiger partial charge in [0, 0.05) is 49.7 Å². The average molecular weight is 409 g/mol. The van der Waals surface area contributed by atoms with Crippen LogP contribution in [-0.2, 0) is 11.3 Å². The monoisotopic (exact) mass is 409 g/mol. The molecule has 2 heterocycles. The van der Waals surface area contributed by atoms with Gasteiger partial charge in [-0.05, 0) is 19.1 Å². The predicted molar refractivity (Wildman–Crippen MR) is 113 cm³/mol. The number of anilines is 1. The van der Waals surface area contributed by atoms with Crippen LogP contribution in [0.25, 0.3) is 11.0 Å². The Morgan fingerprint density at radius 2 is 1.80 bits per heavy atom. The minimum Gasteiger partial charge on any atom is -0.460 e. The molecule has 0 aliphatic carbocycles. The van der Waals surface area contributed by atoms with E-state index >= 15 is 0 Å². The first kappa shape index (κ1) is 19.9. The third kappa shape index (κ3) is 3.86. The topological polar surface area (TPSA) is 89.1 Å². The van der Waals surface area contributed by atoms with Gasteiger partial charge in [-0.3, -0.25) is 15.0 Å². The Bertz CT molecular complexity index is 1070. The van der Waals surface area contributed by atoms with Crippen LogP contribution in [0.1, 0.15) is 23.0 Å². The largest absolute Gasteiger partial charge is 0.460 e. The highest BCUT2D eigenvalue weighted by molar-refractivity contribution is 5.96. The number of hydrogen-bond acceptors (Lipinski definition) is 7.